The summed E-state index contributed by atoms with van der Waals surface area (Å²) in [6.45, 7) is 0. The van der Waals surface area contributed by atoms with E-state index in [9.17, 15) is 18.5 Å². The third-order valence-electron chi connectivity index (χ3n) is 2.53. The molecule has 2 aromatic rings. The first-order valence-electron chi connectivity index (χ1n) is 5.52. The van der Waals surface area contributed by atoms with Gasteiger partial charge in [0, 0.05) is 15.0 Å². The van der Waals surface area contributed by atoms with Gasteiger partial charge in [-0.25, -0.2) is 8.42 Å². The molecule has 1 N–H and O–H groups in total. The molecular weight excluding hydrogens is 428 g/mol. The van der Waals surface area contributed by atoms with Crippen molar-refractivity contribution in [2.45, 2.75) is 4.90 Å². The molecule has 0 bridgehead atoms. The fourth-order valence-corrected chi connectivity index (χ4v) is 4.03. The zero-order valence-corrected chi connectivity index (χ0v) is 14.3. The standard InChI is InChI=1S/C12H8Br2N2O4S/c13-8-5-6-10(11(7-8)16(17)18)15-21(19,20)12-4-2-1-3-9(12)14/h1-7,15H. The molecule has 2 aromatic carbocycles. The molecule has 21 heavy (non-hydrogen) atoms. The van der Waals surface area contributed by atoms with E-state index in [0.29, 0.717) is 8.95 Å². The third-order valence-corrected chi connectivity index (χ3v) is 5.40. The van der Waals surface area contributed by atoms with Crippen LogP contribution in [-0.2, 0) is 10.0 Å². The molecule has 0 aliphatic carbocycles. The molecule has 0 spiro atoms. The van der Waals surface area contributed by atoms with Gasteiger partial charge in [-0.3, -0.25) is 14.8 Å². The molecule has 9 heteroatoms. The molecule has 6 nitrogen and oxygen atoms in total. The number of rotatable bonds is 4. The lowest BCUT2D eigenvalue weighted by molar-refractivity contribution is -0.384. The van der Waals surface area contributed by atoms with Gasteiger partial charge >= 0.3 is 0 Å². The summed E-state index contributed by atoms with van der Waals surface area (Å²) in [5.74, 6) is 0. The summed E-state index contributed by atoms with van der Waals surface area (Å²) in [4.78, 5) is 10.4. The van der Waals surface area contributed by atoms with Gasteiger partial charge < -0.3 is 0 Å². The van der Waals surface area contributed by atoms with Crippen molar-refractivity contribution < 1.29 is 13.3 Å². The van der Waals surface area contributed by atoms with Crippen LogP contribution >= 0.6 is 31.9 Å². The highest BCUT2D eigenvalue weighted by atomic mass is 79.9. The van der Waals surface area contributed by atoms with Crippen molar-refractivity contribution in [2.75, 3.05) is 4.72 Å². The van der Waals surface area contributed by atoms with E-state index in [-0.39, 0.29) is 16.3 Å². The maximum Gasteiger partial charge on any atom is 0.294 e. The van der Waals surface area contributed by atoms with Crippen molar-refractivity contribution in [3.63, 3.8) is 0 Å². The molecular formula is C12H8Br2N2O4S. The molecule has 0 amide bonds. The van der Waals surface area contributed by atoms with Crippen molar-refractivity contribution in [3.05, 3.63) is 61.5 Å². The van der Waals surface area contributed by atoms with Crippen molar-refractivity contribution in [2.24, 2.45) is 0 Å². The van der Waals surface area contributed by atoms with Gasteiger partial charge in [-0.2, -0.15) is 0 Å². The summed E-state index contributed by atoms with van der Waals surface area (Å²) in [6.07, 6.45) is 0. The van der Waals surface area contributed by atoms with Crippen LogP contribution in [0.1, 0.15) is 0 Å². The molecule has 0 unspecified atom stereocenters. The Morgan fingerprint density at radius 3 is 2.38 bits per heavy atom. The first-order chi connectivity index (χ1) is 9.81. The minimum Gasteiger partial charge on any atom is -0.273 e. The molecule has 0 saturated heterocycles. The molecule has 0 aliphatic rings. The van der Waals surface area contributed by atoms with Crippen LogP contribution in [0, 0.1) is 10.1 Å². The Labute approximate surface area is 137 Å². The van der Waals surface area contributed by atoms with Crippen LogP contribution in [0.2, 0.25) is 0 Å². The van der Waals surface area contributed by atoms with E-state index in [0.717, 1.165) is 0 Å². The highest BCUT2D eigenvalue weighted by Crippen LogP contribution is 2.31. The maximum absolute atomic E-state index is 12.3. The summed E-state index contributed by atoms with van der Waals surface area (Å²) in [5.41, 5.74) is -0.432. The van der Waals surface area contributed by atoms with E-state index in [1.54, 1.807) is 18.2 Å². The Morgan fingerprint density at radius 2 is 1.76 bits per heavy atom. The Balaban J connectivity index is 2.47. The number of nitrogens with zero attached hydrogens (tertiary/aromatic N) is 1. The zero-order chi connectivity index (χ0) is 15.6. The van der Waals surface area contributed by atoms with Crippen molar-refractivity contribution in [1.29, 1.82) is 0 Å². The minimum absolute atomic E-state index is 0.00205. The van der Waals surface area contributed by atoms with E-state index >= 15 is 0 Å². The van der Waals surface area contributed by atoms with Gasteiger partial charge in [-0.1, -0.05) is 28.1 Å². The van der Waals surface area contributed by atoms with Gasteiger partial charge in [0.2, 0.25) is 0 Å². The number of hydrogen-bond donors (Lipinski definition) is 1. The average molecular weight is 436 g/mol. The van der Waals surface area contributed by atoms with Crippen LogP contribution in [0.25, 0.3) is 0 Å². The van der Waals surface area contributed by atoms with E-state index in [1.165, 1.54) is 24.3 Å². The Morgan fingerprint density at radius 1 is 1.10 bits per heavy atom. The summed E-state index contributed by atoms with van der Waals surface area (Å²) in [7, 11) is -3.93. The smallest absolute Gasteiger partial charge is 0.273 e. The monoisotopic (exact) mass is 434 g/mol. The van der Waals surface area contributed by atoms with Crippen LogP contribution in [-0.4, -0.2) is 13.3 Å². The van der Waals surface area contributed by atoms with Gasteiger partial charge in [0.25, 0.3) is 15.7 Å². The Kier molecular flexibility index (Phi) is 4.64. The maximum atomic E-state index is 12.3. The summed E-state index contributed by atoms with van der Waals surface area (Å²) in [6, 6.07) is 10.3. The molecule has 0 radical (unpaired) electrons. The van der Waals surface area contributed by atoms with Crippen molar-refractivity contribution in [1.82, 2.24) is 0 Å². The lowest BCUT2D eigenvalue weighted by Crippen LogP contribution is -2.14. The number of anilines is 1. The van der Waals surface area contributed by atoms with Crippen LogP contribution in [0.4, 0.5) is 11.4 Å². The number of nitrogens with one attached hydrogen (secondary N) is 1. The average Bonchev–Trinajstić information content (AvgIpc) is 2.40. The van der Waals surface area contributed by atoms with Crippen LogP contribution in [0.15, 0.2) is 56.3 Å². The van der Waals surface area contributed by atoms with E-state index in [4.69, 9.17) is 0 Å². The van der Waals surface area contributed by atoms with Gasteiger partial charge in [0.1, 0.15) is 10.6 Å². The largest absolute Gasteiger partial charge is 0.294 e. The highest BCUT2D eigenvalue weighted by Gasteiger charge is 2.22. The molecule has 2 rings (SSSR count). The summed E-state index contributed by atoms with van der Waals surface area (Å²) in [5, 5.41) is 11.0. The topological polar surface area (TPSA) is 89.3 Å². The lowest BCUT2D eigenvalue weighted by Gasteiger charge is -2.10. The van der Waals surface area contributed by atoms with Gasteiger partial charge in [0.15, 0.2) is 0 Å². The van der Waals surface area contributed by atoms with Crippen molar-refractivity contribution >= 4 is 53.3 Å². The quantitative estimate of drug-likeness (QED) is 0.582. The number of halogens is 2. The van der Waals surface area contributed by atoms with Gasteiger partial charge in [-0.05, 0) is 40.2 Å². The number of sulfonamides is 1. The second kappa shape index (κ2) is 6.12. The Hall–Kier alpha value is -1.45. The van der Waals surface area contributed by atoms with Gasteiger partial charge in [0.05, 0.1) is 4.92 Å². The highest BCUT2D eigenvalue weighted by molar-refractivity contribution is 9.10. The van der Waals surface area contributed by atoms with E-state index in [2.05, 4.69) is 36.6 Å². The predicted octanol–water partition coefficient (Wildman–Crippen LogP) is 3.92. The number of benzene rings is 2. The Bertz CT molecular complexity index is 809. The number of hydrogen-bond acceptors (Lipinski definition) is 4. The van der Waals surface area contributed by atoms with E-state index < -0.39 is 14.9 Å². The predicted molar refractivity (Wildman–Crippen MR) is 85.7 cm³/mol. The van der Waals surface area contributed by atoms with E-state index in [1.807, 2.05) is 0 Å². The first-order valence-corrected chi connectivity index (χ1v) is 8.59. The van der Waals surface area contributed by atoms with Crippen molar-refractivity contribution in [3.8, 4) is 0 Å². The second-order valence-corrected chi connectivity index (χ2v) is 7.38. The molecule has 0 saturated carbocycles. The normalized spacial score (nSPS) is 11.1. The summed E-state index contributed by atoms with van der Waals surface area (Å²) >= 11 is 6.26. The summed E-state index contributed by atoms with van der Waals surface area (Å²) < 4.78 is 27.7. The minimum atomic E-state index is -3.93. The third kappa shape index (κ3) is 3.60. The molecule has 0 aromatic heterocycles. The van der Waals surface area contributed by atoms with Crippen LogP contribution in [0.5, 0.6) is 0 Å². The number of nitro benzene ring substituents is 1. The molecule has 0 atom stereocenters. The van der Waals surface area contributed by atoms with Crippen LogP contribution < -0.4 is 4.72 Å². The SMILES string of the molecule is O=[N+]([O-])c1cc(Br)ccc1NS(=O)(=O)c1ccccc1Br. The zero-order valence-electron chi connectivity index (χ0n) is 10.3. The lowest BCUT2D eigenvalue weighted by atomic mass is 10.3. The molecule has 0 fully saturated rings. The fraction of sp³-hybridized carbons (Fsp3) is 0. The number of nitro groups is 1. The van der Waals surface area contributed by atoms with Gasteiger partial charge in [-0.15, -0.1) is 0 Å². The molecule has 0 aliphatic heterocycles. The van der Waals surface area contributed by atoms with Crippen LogP contribution in [0.3, 0.4) is 0 Å². The molecule has 0 heterocycles. The fourth-order valence-electron chi connectivity index (χ4n) is 1.60. The second-order valence-electron chi connectivity index (χ2n) is 3.95. The molecule has 110 valence electrons. The first kappa shape index (κ1) is 15.9.